The monoisotopic (exact) mass is 332 g/mol. The summed E-state index contributed by atoms with van der Waals surface area (Å²) in [5.41, 5.74) is 1.22. The fraction of sp³-hybridized carbons (Fsp3) is 0.500. The highest BCUT2D eigenvalue weighted by Crippen LogP contribution is 2.26. The Balaban J connectivity index is 1.84. The zero-order chi connectivity index (χ0) is 17.3. The second-order valence-electron chi connectivity index (χ2n) is 5.83. The molecule has 128 valence electrons. The number of morpholine rings is 1. The van der Waals surface area contributed by atoms with Gasteiger partial charge in [0, 0.05) is 12.2 Å². The summed E-state index contributed by atoms with van der Waals surface area (Å²) in [6, 6.07) is 3.52. The number of methoxy groups -OCH3 is 1. The SMILES string of the molecule is COc1nc(C)ccc1C(=O)N1C[C@@H](C)O[C@@H](c2nc(C)no2)C1. The number of ether oxygens (including phenoxy) is 2. The zero-order valence-electron chi connectivity index (χ0n) is 14.1. The van der Waals surface area contributed by atoms with Gasteiger partial charge in [0.05, 0.1) is 19.8 Å². The Kier molecular flexibility index (Phi) is 4.48. The summed E-state index contributed by atoms with van der Waals surface area (Å²) in [6.45, 7) is 6.30. The number of amides is 1. The predicted molar refractivity (Wildman–Crippen MR) is 83.8 cm³/mol. The second-order valence-corrected chi connectivity index (χ2v) is 5.83. The van der Waals surface area contributed by atoms with E-state index in [2.05, 4.69) is 15.1 Å². The molecule has 1 fully saturated rings. The summed E-state index contributed by atoms with van der Waals surface area (Å²) in [4.78, 5) is 23.1. The first-order valence-electron chi connectivity index (χ1n) is 7.74. The highest BCUT2D eigenvalue weighted by Gasteiger charge is 2.34. The van der Waals surface area contributed by atoms with Crippen molar-refractivity contribution in [3.63, 3.8) is 0 Å². The van der Waals surface area contributed by atoms with Crippen LogP contribution in [0.25, 0.3) is 0 Å². The lowest BCUT2D eigenvalue weighted by atomic mass is 10.1. The van der Waals surface area contributed by atoms with Crippen LogP contribution in [0, 0.1) is 13.8 Å². The van der Waals surface area contributed by atoms with Crippen LogP contribution in [-0.4, -0.2) is 52.2 Å². The Bertz CT molecular complexity index is 745. The molecule has 2 aromatic rings. The van der Waals surface area contributed by atoms with Crippen LogP contribution >= 0.6 is 0 Å². The van der Waals surface area contributed by atoms with E-state index < -0.39 is 6.10 Å². The van der Waals surface area contributed by atoms with Gasteiger partial charge in [0.2, 0.25) is 5.88 Å². The third kappa shape index (κ3) is 3.23. The molecule has 8 nitrogen and oxygen atoms in total. The number of nitrogens with zero attached hydrogens (tertiary/aromatic N) is 4. The van der Waals surface area contributed by atoms with E-state index in [0.29, 0.717) is 36.2 Å². The number of carbonyl (C=O) groups is 1. The molecule has 2 aromatic heterocycles. The maximum atomic E-state index is 12.9. The van der Waals surface area contributed by atoms with Crippen LogP contribution in [0.1, 0.15) is 40.8 Å². The molecule has 0 saturated carbocycles. The first-order valence-corrected chi connectivity index (χ1v) is 7.74. The molecule has 0 radical (unpaired) electrons. The van der Waals surface area contributed by atoms with E-state index in [1.54, 1.807) is 24.0 Å². The normalized spacial score (nSPS) is 20.9. The molecule has 1 amide bonds. The van der Waals surface area contributed by atoms with Gasteiger partial charge in [-0.1, -0.05) is 5.16 Å². The van der Waals surface area contributed by atoms with Crippen molar-refractivity contribution in [1.82, 2.24) is 20.0 Å². The zero-order valence-corrected chi connectivity index (χ0v) is 14.1. The van der Waals surface area contributed by atoms with E-state index in [0.717, 1.165) is 5.69 Å². The van der Waals surface area contributed by atoms with Crippen LogP contribution in [0.2, 0.25) is 0 Å². The van der Waals surface area contributed by atoms with Crippen molar-refractivity contribution in [3.05, 3.63) is 35.1 Å². The van der Waals surface area contributed by atoms with E-state index in [9.17, 15) is 4.79 Å². The van der Waals surface area contributed by atoms with Crippen LogP contribution in [0.15, 0.2) is 16.7 Å². The Morgan fingerprint density at radius 1 is 1.29 bits per heavy atom. The largest absolute Gasteiger partial charge is 0.480 e. The van der Waals surface area contributed by atoms with Crippen molar-refractivity contribution in [2.24, 2.45) is 0 Å². The van der Waals surface area contributed by atoms with Gasteiger partial charge >= 0.3 is 0 Å². The van der Waals surface area contributed by atoms with Gasteiger partial charge in [-0.25, -0.2) is 4.98 Å². The quantitative estimate of drug-likeness (QED) is 0.844. The molecular formula is C16H20N4O4. The smallest absolute Gasteiger partial charge is 0.259 e. The Morgan fingerprint density at radius 2 is 2.08 bits per heavy atom. The Hall–Kier alpha value is -2.48. The van der Waals surface area contributed by atoms with Crippen LogP contribution in [0.5, 0.6) is 5.88 Å². The lowest BCUT2D eigenvalue weighted by Crippen LogP contribution is -2.46. The molecule has 24 heavy (non-hydrogen) atoms. The average Bonchev–Trinajstić information content (AvgIpc) is 3.00. The fourth-order valence-electron chi connectivity index (χ4n) is 2.72. The highest BCUT2D eigenvalue weighted by molar-refractivity contribution is 5.96. The summed E-state index contributed by atoms with van der Waals surface area (Å²) in [6.07, 6.45) is -0.590. The van der Waals surface area contributed by atoms with E-state index in [-0.39, 0.29) is 12.0 Å². The van der Waals surface area contributed by atoms with Gasteiger partial charge in [0.25, 0.3) is 11.8 Å². The van der Waals surface area contributed by atoms with E-state index in [1.165, 1.54) is 7.11 Å². The Labute approximate surface area is 139 Å². The van der Waals surface area contributed by atoms with Crippen molar-refractivity contribution < 1.29 is 18.8 Å². The van der Waals surface area contributed by atoms with Crippen molar-refractivity contribution in [2.45, 2.75) is 33.0 Å². The third-order valence-electron chi connectivity index (χ3n) is 3.79. The van der Waals surface area contributed by atoms with Gasteiger partial charge in [-0.3, -0.25) is 4.79 Å². The molecule has 3 heterocycles. The lowest BCUT2D eigenvalue weighted by molar-refractivity contribution is -0.0810. The van der Waals surface area contributed by atoms with Crippen molar-refractivity contribution in [2.75, 3.05) is 20.2 Å². The van der Waals surface area contributed by atoms with Gasteiger partial charge in [-0.15, -0.1) is 0 Å². The summed E-state index contributed by atoms with van der Waals surface area (Å²) >= 11 is 0. The molecule has 0 bridgehead atoms. The van der Waals surface area contributed by atoms with Crippen molar-refractivity contribution >= 4 is 5.91 Å². The molecule has 0 aliphatic carbocycles. The number of carbonyl (C=O) groups excluding carboxylic acids is 1. The molecule has 0 aromatic carbocycles. The summed E-state index contributed by atoms with van der Waals surface area (Å²) in [5.74, 6) is 1.08. The number of rotatable bonds is 3. The van der Waals surface area contributed by atoms with Gasteiger partial charge in [-0.05, 0) is 32.9 Å². The Morgan fingerprint density at radius 3 is 2.75 bits per heavy atom. The molecule has 0 unspecified atom stereocenters. The second kappa shape index (κ2) is 6.56. The number of aromatic nitrogens is 3. The van der Waals surface area contributed by atoms with E-state index >= 15 is 0 Å². The van der Waals surface area contributed by atoms with Gasteiger partial charge in [0.15, 0.2) is 11.9 Å². The summed E-state index contributed by atoms with van der Waals surface area (Å²) in [5, 5.41) is 3.78. The molecule has 0 N–H and O–H groups in total. The predicted octanol–water partition coefficient (Wildman–Crippen LogP) is 1.69. The maximum absolute atomic E-state index is 12.9. The van der Waals surface area contributed by atoms with Gasteiger partial charge in [-0.2, -0.15) is 4.98 Å². The first-order chi connectivity index (χ1) is 11.5. The first kappa shape index (κ1) is 16.4. The molecule has 0 spiro atoms. The van der Waals surface area contributed by atoms with E-state index in [1.807, 2.05) is 13.8 Å². The lowest BCUT2D eigenvalue weighted by Gasteiger charge is -2.35. The molecule has 8 heteroatoms. The van der Waals surface area contributed by atoms with Gasteiger partial charge < -0.3 is 18.9 Å². The number of hydrogen-bond acceptors (Lipinski definition) is 7. The molecule has 1 aliphatic rings. The van der Waals surface area contributed by atoms with E-state index in [4.69, 9.17) is 14.0 Å². The molecule has 3 rings (SSSR count). The standard InChI is InChI=1S/C16H20N4O4/c1-9-5-6-12(14(17-9)22-4)16(21)20-7-10(2)23-13(8-20)15-18-11(3)19-24-15/h5-6,10,13H,7-8H2,1-4H3/t10-,13-/m1/s1. The van der Waals surface area contributed by atoms with Crippen LogP contribution < -0.4 is 4.74 Å². The molecule has 2 atom stereocenters. The molecular weight excluding hydrogens is 312 g/mol. The molecule has 1 saturated heterocycles. The maximum Gasteiger partial charge on any atom is 0.259 e. The molecule has 1 aliphatic heterocycles. The summed E-state index contributed by atoms with van der Waals surface area (Å²) < 4.78 is 16.3. The number of aryl methyl sites for hydroxylation is 2. The third-order valence-corrected chi connectivity index (χ3v) is 3.79. The minimum atomic E-state index is -0.441. The van der Waals surface area contributed by atoms with Gasteiger partial charge in [0.1, 0.15) is 5.56 Å². The van der Waals surface area contributed by atoms with Crippen molar-refractivity contribution in [3.8, 4) is 5.88 Å². The highest BCUT2D eigenvalue weighted by atomic mass is 16.5. The average molecular weight is 332 g/mol. The van der Waals surface area contributed by atoms with Crippen LogP contribution in [0.4, 0.5) is 0 Å². The fourth-order valence-corrected chi connectivity index (χ4v) is 2.72. The van der Waals surface area contributed by atoms with Crippen LogP contribution in [-0.2, 0) is 4.74 Å². The van der Waals surface area contributed by atoms with Crippen molar-refractivity contribution in [1.29, 1.82) is 0 Å². The minimum Gasteiger partial charge on any atom is -0.480 e. The summed E-state index contributed by atoms with van der Waals surface area (Å²) in [7, 11) is 1.50. The topological polar surface area (TPSA) is 90.6 Å². The number of pyridine rings is 1. The number of hydrogen-bond donors (Lipinski definition) is 0. The van der Waals surface area contributed by atoms with Crippen LogP contribution in [0.3, 0.4) is 0 Å². The minimum absolute atomic E-state index is 0.149.